The minimum absolute atomic E-state index is 0.128. The molecule has 1 aromatic rings. The number of non-ortho nitro benzene ring substituents is 1. The Morgan fingerprint density at radius 1 is 1.53 bits per heavy atom. The van der Waals surface area contributed by atoms with Crippen LogP contribution in [0.2, 0.25) is 0 Å². The Hall–Kier alpha value is -1.68. The van der Waals surface area contributed by atoms with Gasteiger partial charge in [0.15, 0.2) is 0 Å². The molecule has 0 aliphatic rings. The predicted octanol–water partition coefficient (Wildman–Crippen LogP) is 2.27. The molecule has 0 saturated heterocycles. The van der Waals surface area contributed by atoms with Crippen LogP contribution >= 0.6 is 0 Å². The largest absolute Gasteiger partial charge is 0.330 e. The molecule has 0 aliphatic carbocycles. The van der Waals surface area contributed by atoms with Crippen molar-refractivity contribution in [1.82, 2.24) is 0 Å². The molecule has 1 rings (SSSR count). The van der Waals surface area contributed by atoms with Crippen molar-refractivity contribution in [3.8, 4) is 0 Å². The van der Waals surface area contributed by atoms with Crippen LogP contribution in [0, 0.1) is 17.0 Å². The molecule has 0 amide bonds. The number of benzene rings is 1. The first-order valence-electron chi connectivity index (χ1n) is 4.77. The number of hydrogen-bond acceptors (Lipinski definition) is 3. The van der Waals surface area contributed by atoms with Crippen molar-refractivity contribution in [3.05, 3.63) is 45.5 Å². The average Bonchev–Trinajstić information content (AvgIpc) is 2.20. The highest BCUT2D eigenvalue weighted by atomic mass is 16.6. The van der Waals surface area contributed by atoms with Crippen LogP contribution in [-0.2, 0) is 0 Å². The van der Waals surface area contributed by atoms with Crippen molar-refractivity contribution in [1.29, 1.82) is 0 Å². The van der Waals surface area contributed by atoms with E-state index in [1.165, 1.54) is 6.07 Å². The Morgan fingerprint density at radius 3 is 2.80 bits per heavy atom. The second-order valence-electron chi connectivity index (χ2n) is 3.28. The Morgan fingerprint density at radius 2 is 2.27 bits per heavy atom. The fourth-order valence-corrected chi connectivity index (χ4v) is 1.27. The third kappa shape index (κ3) is 3.18. The second kappa shape index (κ2) is 5.26. The van der Waals surface area contributed by atoms with Gasteiger partial charge in [0, 0.05) is 12.1 Å². The highest BCUT2D eigenvalue weighted by molar-refractivity contribution is 5.56. The zero-order chi connectivity index (χ0) is 11.3. The van der Waals surface area contributed by atoms with Crippen LogP contribution in [0.25, 0.3) is 6.08 Å². The number of nitro benzene ring substituents is 1. The molecule has 0 spiro atoms. The maximum atomic E-state index is 10.5. The van der Waals surface area contributed by atoms with Crippen LogP contribution in [0.4, 0.5) is 5.69 Å². The molecule has 4 nitrogen and oxygen atoms in total. The summed E-state index contributed by atoms with van der Waals surface area (Å²) in [5.41, 5.74) is 7.38. The Labute approximate surface area is 88.6 Å². The molecule has 0 heterocycles. The van der Waals surface area contributed by atoms with Crippen LogP contribution in [0.1, 0.15) is 17.5 Å². The number of rotatable bonds is 4. The van der Waals surface area contributed by atoms with Crippen molar-refractivity contribution in [2.45, 2.75) is 13.3 Å². The first-order valence-corrected chi connectivity index (χ1v) is 4.77. The highest BCUT2D eigenvalue weighted by Crippen LogP contribution is 2.18. The maximum absolute atomic E-state index is 10.5. The Bertz CT molecular complexity index is 386. The molecule has 0 bridgehead atoms. The lowest BCUT2D eigenvalue weighted by Crippen LogP contribution is -1.95. The zero-order valence-corrected chi connectivity index (χ0v) is 8.64. The molecule has 15 heavy (non-hydrogen) atoms. The zero-order valence-electron chi connectivity index (χ0n) is 8.64. The van der Waals surface area contributed by atoms with E-state index in [1.54, 1.807) is 12.1 Å². The smallest absolute Gasteiger partial charge is 0.269 e. The van der Waals surface area contributed by atoms with Crippen LogP contribution < -0.4 is 5.73 Å². The first-order chi connectivity index (χ1) is 7.15. The summed E-state index contributed by atoms with van der Waals surface area (Å²) >= 11 is 0. The summed E-state index contributed by atoms with van der Waals surface area (Å²) in [5.74, 6) is 0. The number of nitrogens with two attached hydrogens (primary N) is 1. The van der Waals surface area contributed by atoms with Crippen molar-refractivity contribution in [2.24, 2.45) is 5.73 Å². The monoisotopic (exact) mass is 206 g/mol. The lowest BCUT2D eigenvalue weighted by atomic mass is 10.1. The van der Waals surface area contributed by atoms with Crippen molar-refractivity contribution < 1.29 is 4.92 Å². The van der Waals surface area contributed by atoms with Gasteiger partial charge in [-0.2, -0.15) is 0 Å². The second-order valence-corrected chi connectivity index (χ2v) is 3.28. The standard InChI is InChI=1S/C11H14N2O2/c1-9-8-11(13(14)15)6-5-10(9)4-2-3-7-12/h2,4-6,8H,3,7,12H2,1H3. The van der Waals surface area contributed by atoms with Crippen LogP contribution in [-0.4, -0.2) is 11.5 Å². The SMILES string of the molecule is Cc1cc([N+](=O)[O-])ccc1C=CCCN. The van der Waals surface area contributed by atoms with Gasteiger partial charge in [0.25, 0.3) is 5.69 Å². The predicted molar refractivity (Wildman–Crippen MR) is 60.5 cm³/mol. The van der Waals surface area contributed by atoms with Gasteiger partial charge >= 0.3 is 0 Å². The van der Waals surface area contributed by atoms with Gasteiger partial charge in [-0.3, -0.25) is 10.1 Å². The van der Waals surface area contributed by atoms with E-state index >= 15 is 0 Å². The first kappa shape index (κ1) is 11.4. The third-order valence-corrected chi connectivity index (χ3v) is 2.09. The van der Waals surface area contributed by atoms with E-state index in [4.69, 9.17) is 5.73 Å². The van der Waals surface area contributed by atoms with E-state index in [2.05, 4.69) is 0 Å². The van der Waals surface area contributed by atoms with E-state index in [-0.39, 0.29) is 10.6 Å². The minimum Gasteiger partial charge on any atom is -0.330 e. The molecule has 0 unspecified atom stereocenters. The maximum Gasteiger partial charge on any atom is 0.269 e. The summed E-state index contributed by atoms with van der Waals surface area (Å²) < 4.78 is 0. The number of hydrogen-bond donors (Lipinski definition) is 1. The summed E-state index contributed by atoms with van der Waals surface area (Å²) in [6.45, 7) is 2.47. The van der Waals surface area contributed by atoms with Gasteiger partial charge < -0.3 is 5.73 Å². The van der Waals surface area contributed by atoms with Crippen LogP contribution in [0.3, 0.4) is 0 Å². The molecule has 0 fully saturated rings. The van der Waals surface area contributed by atoms with Gasteiger partial charge in [0.1, 0.15) is 0 Å². The molecule has 0 saturated carbocycles. The van der Waals surface area contributed by atoms with Gasteiger partial charge in [-0.05, 0) is 37.1 Å². The van der Waals surface area contributed by atoms with Gasteiger partial charge in [-0.25, -0.2) is 0 Å². The molecular formula is C11H14N2O2. The molecule has 0 aliphatic heterocycles. The molecule has 0 aromatic heterocycles. The molecule has 1 aromatic carbocycles. The fourth-order valence-electron chi connectivity index (χ4n) is 1.27. The van der Waals surface area contributed by atoms with E-state index in [1.807, 2.05) is 19.1 Å². The van der Waals surface area contributed by atoms with E-state index in [0.29, 0.717) is 6.54 Å². The number of aryl methyl sites for hydroxylation is 1. The van der Waals surface area contributed by atoms with E-state index < -0.39 is 0 Å². The van der Waals surface area contributed by atoms with E-state index in [9.17, 15) is 10.1 Å². The van der Waals surface area contributed by atoms with Crippen molar-refractivity contribution in [3.63, 3.8) is 0 Å². The van der Waals surface area contributed by atoms with Crippen LogP contribution in [0.5, 0.6) is 0 Å². The van der Waals surface area contributed by atoms with Gasteiger partial charge in [0.05, 0.1) is 4.92 Å². The molecule has 0 atom stereocenters. The Balaban J connectivity index is 2.88. The Kier molecular flexibility index (Phi) is 4.00. The fraction of sp³-hybridized carbons (Fsp3) is 0.273. The third-order valence-electron chi connectivity index (χ3n) is 2.09. The van der Waals surface area contributed by atoms with Crippen molar-refractivity contribution >= 4 is 11.8 Å². The lowest BCUT2D eigenvalue weighted by molar-refractivity contribution is -0.384. The van der Waals surface area contributed by atoms with Crippen LogP contribution in [0.15, 0.2) is 24.3 Å². The highest BCUT2D eigenvalue weighted by Gasteiger charge is 2.05. The topological polar surface area (TPSA) is 69.2 Å². The molecule has 80 valence electrons. The van der Waals surface area contributed by atoms with Gasteiger partial charge in [-0.15, -0.1) is 0 Å². The molecule has 0 radical (unpaired) electrons. The van der Waals surface area contributed by atoms with E-state index in [0.717, 1.165) is 17.5 Å². The molecule has 4 heteroatoms. The van der Waals surface area contributed by atoms with Gasteiger partial charge in [-0.1, -0.05) is 12.2 Å². The summed E-state index contributed by atoms with van der Waals surface area (Å²) in [4.78, 5) is 10.1. The lowest BCUT2D eigenvalue weighted by Gasteiger charge is -1.99. The average molecular weight is 206 g/mol. The van der Waals surface area contributed by atoms with Crippen molar-refractivity contribution in [2.75, 3.05) is 6.54 Å². The summed E-state index contributed by atoms with van der Waals surface area (Å²) in [6.07, 6.45) is 4.72. The normalized spacial score (nSPS) is 10.8. The summed E-state index contributed by atoms with van der Waals surface area (Å²) in [5, 5.41) is 10.5. The molecular weight excluding hydrogens is 192 g/mol. The minimum atomic E-state index is -0.389. The number of nitro groups is 1. The summed E-state index contributed by atoms with van der Waals surface area (Å²) in [7, 11) is 0. The molecule has 2 N–H and O–H groups in total. The number of nitrogens with zero attached hydrogens (tertiary/aromatic N) is 1. The quantitative estimate of drug-likeness (QED) is 0.606. The summed E-state index contributed by atoms with van der Waals surface area (Å²) in [6, 6.07) is 4.83. The van der Waals surface area contributed by atoms with Gasteiger partial charge in [0.2, 0.25) is 0 Å².